The number of aromatic nitrogens is 1. The Morgan fingerprint density at radius 1 is 1.15 bits per heavy atom. The summed E-state index contributed by atoms with van der Waals surface area (Å²) in [4.78, 5) is 20.0. The van der Waals surface area contributed by atoms with E-state index in [2.05, 4.69) is 31.0 Å². The lowest BCUT2D eigenvalue weighted by molar-refractivity contribution is -0.118. The molecule has 1 aliphatic heterocycles. The normalized spacial score (nSPS) is 18.3. The summed E-state index contributed by atoms with van der Waals surface area (Å²) in [6.45, 7) is 10.4. The van der Waals surface area contributed by atoms with Crippen molar-refractivity contribution in [2.75, 3.05) is 4.90 Å². The van der Waals surface area contributed by atoms with E-state index in [0.29, 0.717) is 41.3 Å². The number of halogens is 2. The molecule has 5 rings (SSSR count). The van der Waals surface area contributed by atoms with Gasteiger partial charge in [0.1, 0.15) is 18.2 Å². The van der Waals surface area contributed by atoms with E-state index in [1.807, 2.05) is 39.0 Å². The number of aryl methyl sites for hydroxylation is 2. The number of nitrogens with zero attached hydrogens (tertiary/aromatic N) is 3. The Morgan fingerprint density at radius 2 is 1.90 bits per heavy atom. The number of Topliss-reactive ketones (excluding diaryl/α,β-unsaturated/α-hetero) is 1. The molecular weight excluding hydrogens is 555 g/mol. The molecule has 2 aliphatic rings. The van der Waals surface area contributed by atoms with Crippen LogP contribution in [0.25, 0.3) is 0 Å². The lowest BCUT2D eigenvalue weighted by Gasteiger charge is -2.44. The zero-order chi connectivity index (χ0) is 29.6. The first-order chi connectivity index (χ1) is 19.4. The van der Waals surface area contributed by atoms with Crippen LogP contribution in [0.2, 0.25) is 10.2 Å². The highest BCUT2D eigenvalue weighted by atomic mass is 35.5. The molecule has 1 aromatic heterocycles. The van der Waals surface area contributed by atoms with Crippen LogP contribution < -0.4 is 15.4 Å². The van der Waals surface area contributed by atoms with Gasteiger partial charge in [-0.3, -0.25) is 9.69 Å². The van der Waals surface area contributed by atoms with E-state index in [9.17, 15) is 10.1 Å². The van der Waals surface area contributed by atoms with Crippen molar-refractivity contribution in [1.82, 2.24) is 4.98 Å². The molecule has 2 N–H and O–H groups in total. The third-order valence-electron chi connectivity index (χ3n) is 7.89. The van der Waals surface area contributed by atoms with Gasteiger partial charge in [0.2, 0.25) is 0 Å². The summed E-state index contributed by atoms with van der Waals surface area (Å²) in [7, 11) is 0. The van der Waals surface area contributed by atoms with Crippen molar-refractivity contribution in [3.63, 3.8) is 0 Å². The van der Waals surface area contributed by atoms with Gasteiger partial charge in [0.05, 0.1) is 23.2 Å². The molecule has 210 valence electrons. The standard InChI is InChI=1S/C33H32Cl2N4O2/c1-18-11-21(17-41-28-9-8-22(34)13-19(28)2)20(3)23(12-18)29-24(16-36)32(37)39(25-7-6-10-38-31(25)35)26-14-33(4,5)15-27(40)30(26)29/h6-13,29H,14-15,17,37H2,1-5H3. The zero-order valence-electron chi connectivity index (χ0n) is 23.8. The van der Waals surface area contributed by atoms with Gasteiger partial charge in [-0.15, -0.1) is 0 Å². The van der Waals surface area contributed by atoms with Gasteiger partial charge in [-0.2, -0.15) is 5.26 Å². The average Bonchev–Trinajstić information content (AvgIpc) is 2.89. The third-order valence-corrected chi connectivity index (χ3v) is 8.42. The zero-order valence-corrected chi connectivity index (χ0v) is 25.3. The fraction of sp³-hybridized carbons (Fsp3) is 0.303. The minimum Gasteiger partial charge on any atom is -0.489 e. The summed E-state index contributed by atoms with van der Waals surface area (Å²) >= 11 is 12.7. The van der Waals surface area contributed by atoms with E-state index in [1.54, 1.807) is 29.3 Å². The van der Waals surface area contributed by atoms with E-state index in [4.69, 9.17) is 33.7 Å². The number of pyridine rings is 1. The molecule has 2 aromatic carbocycles. The number of nitriles is 1. The van der Waals surface area contributed by atoms with Gasteiger partial charge in [0, 0.05) is 28.9 Å². The van der Waals surface area contributed by atoms with E-state index in [-0.39, 0.29) is 22.2 Å². The summed E-state index contributed by atoms with van der Waals surface area (Å²) in [6, 6.07) is 15.6. The monoisotopic (exact) mass is 586 g/mol. The van der Waals surface area contributed by atoms with Crippen LogP contribution >= 0.6 is 23.2 Å². The number of ketones is 1. The lowest BCUT2D eigenvalue weighted by Crippen LogP contribution is -2.42. The SMILES string of the molecule is Cc1cc(COc2ccc(Cl)cc2C)c(C)c(C2C(C#N)=C(N)N(c3cccnc3Cl)C3=C2C(=O)CC(C)(C)C3)c1. The van der Waals surface area contributed by atoms with E-state index in [1.165, 1.54) is 0 Å². The number of benzene rings is 2. The fourth-order valence-corrected chi connectivity index (χ4v) is 6.41. The molecule has 1 unspecified atom stereocenters. The minimum absolute atomic E-state index is 0.00186. The maximum Gasteiger partial charge on any atom is 0.162 e. The van der Waals surface area contributed by atoms with Crippen LogP contribution in [0.1, 0.15) is 60.4 Å². The molecule has 0 saturated carbocycles. The molecule has 1 aliphatic carbocycles. The number of rotatable bonds is 5. The number of anilines is 1. The van der Waals surface area contributed by atoms with Crippen LogP contribution in [-0.2, 0) is 11.4 Å². The molecular formula is C33H32Cl2N4O2. The number of carbonyl (C=O) groups is 1. The molecule has 0 saturated heterocycles. The highest BCUT2D eigenvalue weighted by Crippen LogP contribution is 2.51. The van der Waals surface area contributed by atoms with Gasteiger partial charge in [-0.25, -0.2) is 4.98 Å². The second-order valence-electron chi connectivity index (χ2n) is 11.6. The summed E-state index contributed by atoms with van der Waals surface area (Å²) < 4.78 is 6.20. The highest BCUT2D eigenvalue weighted by Gasteiger charge is 2.45. The number of carbonyl (C=O) groups excluding carboxylic acids is 1. The first-order valence-corrected chi connectivity index (χ1v) is 14.2. The van der Waals surface area contributed by atoms with Gasteiger partial charge in [-0.1, -0.05) is 54.7 Å². The maximum absolute atomic E-state index is 14.0. The number of allylic oxidation sites excluding steroid dienone is 3. The van der Waals surface area contributed by atoms with E-state index < -0.39 is 5.92 Å². The first-order valence-electron chi connectivity index (χ1n) is 13.5. The minimum atomic E-state index is -0.610. The lowest BCUT2D eigenvalue weighted by atomic mass is 9.68. The predicted molar refractivity (Wildman–Crippen MR) is 163 cm³/mol. The molecule has 3 aromatic rings. The molecule has 2 heterocycles. The second-order valence-corrected chi connectivity index (χ2v) is 12.4. The van der Waals surface area contributed by atoms with Crippen molar-refractivity contribution in [2.24, 2.45) is 11.1 Å². The molecule has 6 nitrogen and oxygen atoms in total. The fourth-order valence-electron chi connectivity index (χ4n) is 5.98. The van der Waals surface area contributed by atoms with Crippen LogP contribution in [0.15, 0.2) is 71.3 Å². The average molecular weight is 588 g/mol. The maximum atomic E-state index is 14.0. The van der Waals surface area contributed by atoms with Crippen LogP contribution in [0.5, 0.6) is 5.75 Å². The van der Waals surface area contributed by atoms with Crippen LogP contribution in [0.3, 0.4) is 0 Å². The quantitative estimate of drug-likeness (QED) is 0.306. The number of nitrogens with two attached hydrogens (primary N) is 1. The Kier molecular flexibility index (Phi) is 7.63. The Bertz CT molecular complexity index is 1680. The smallest absolute Gasteiger partial charge is 0.162 e. The van der Waals surface area contributed by atoms with Crippen LogP contribution in [-0.4, -0.2) is 10.8 Å². The molecule has 0 bridgehead atoms. The van der Waals surface area contributed by atoms with Crippen molar-refractivity contribution < 1.29 is 9.53 Å². The number of hydrogen-bond donors (Lipinski definition) is 1. The Morgan fingerprint density at radius 3 is 2.59 bits per heavy atom. The summed E-state index contributed by atoms with van der Waals surface area (Å²) in [5.41, 5.74) is 13.4. The first kappa shape index (κ1) is 28.7. The molecule has 1 atom stereocenters. The van der Waals surface area contributed by atoms with Gasteiger partial charge < -0.3 is 10.5 Å². The Labute approximate surface area is 251 Å². The molecule has 0 radical (unpaired) electrons. The van der Waals surface area contributed by atoms with Gasteiger partial charge in [-0.05, 0) is 85.2 Å². The topological polar surface area (TPSA) is 92.2 Å². The summed E-state index contributed by atoms with van der Waals surface area (Å²) in [5, 5.41) is 11.4. The third kappa shape index (κ3) is 5.32. The molecule has 0 amide bonds. The van der Waals surface area contributed by atoms with Crippen molar-refractivity contribution >= 4 is 34.7 Å². The molecule has 41 heavy (non-hydrogen) atoms. The van der Waals surface area contributed by atoms with Crippen molar-refractivity contribution in [3.8, 4) is 11.8 Å². The molecule has 0 fully saturated rings. The predicted octanol–water partition coefficient (Wildman–Crippen LogP) is 7.83. The number of hydrogen-bond acceptors (Lipinski definition) is 6. The van der Waals surface area contributed by atoms with E-state index >= 15 is 0 Å². The second kappa shape index (κ2) is 10.9. The van der Waals surface area contributed by atoms with Crippen LogP contribution in [0.4, 0.5) is 5.69 Å². The van der Waals surface area contributed by atoms with Crippen molar-refractivity contribution in [3.05, 3.63) is 109 Å². The number of ether oxygens (including phenoxy) is 1. The largest absolute Gasteiger partial charge is 0.489 e. The molecule has 8 heteroatoms. The van der Waals surface area contributed by atoms with Gasteiger partial charge >= 0.3 is 0 Å². The summed E-state index contributed by atoms with van der Waals surface area (Å²) in [5.74, 6) is 0.394. The Hall–Kier alpha value is -3.79. The molecule has 0 spiro atoms. The van der Waals surface area contributed by atoms with Gasteiger partial charge in [0.25, 0.3) is 0 Å². The highest BCUT2D eigenvalue weighted by molar-refractivity contribution is 6.32. The Balaban J connectivity index is 1.67. The summed E-state index contributed by atoms with van der Waals surface area (Å²) in [6.07, 6.45) is 2.55. The van der Waals surface area contributed by atoms with Gasteiger partial charge in [0.15, 0.2) is 10.9 Å². The van der Waals surface area contributed by atoms with Crippen LogP contribution in [0, 0.1) is 37.5 Å². The van der Waals surface area contributed by atoms with Crippen molar-refractivity contribution in [1.29, 1.82) is 5.26 Å². The van der Waals surface area contributed by atoms with E-state index in [0.717, 1.165) is 39.3 Å². The van der Waals surface area contributed by atoms with Crippen molar-refractivity contribution in [2.45, 2.75) is 60.0 Å².